The lowest BCUT2D eigenvalue weighted by Crippen LogP contribution is -2.55. The fraction of sp³-hybridized carbons (Fsp3) is 0.591. The van der Waals surface area contributed by atoms with E-state index in [0.717, 1.165) is 42.7 Å². The summed E-state index contributed by atoms with van der Waals surface area (Å²) in [5.41, 5.74) is 0.381. The molecule has 1 amide bonds. The lowest BCUT2D eigenvalue weighted by molar-refractivity contribution is -0.151. The van der Waals surface area contributed by atoms with Crippen molar-refractivity contribution in [2.75, 3.05) is 6.54 Å². The van der Waals surface area contributed by atoms with Crippen LogP contribution in [-0.2, 0) is 16.0 Å². The van der Waals surface area contributed by atoms with Crippen molar-refractivity contribution in [3.05, 3.63) is 34.9 Å². The lowest BCUT2D eigenvalue weighted by Gasteiger charge is -2.40. The minimum Gasteiger partial charge on any atom is -0.500 e. The van der Waals surface area contributed by atoms with E-state index in [0.29, 0.717) is 13.0 Å². The maximum Gasteiger partial charge on any atom is 0.291 e. The predicted octanol–water partition coefficient (Wildman–Crippen LogP) is 5.16. The van der Waals surface area contributed by atoms with Crippen LogP contribution in [0.25, 0.3) is 0 Å². The summed E-state index contributed by atoms with van der Waals surface area (Å²) in [7, 11) is 0. The number of halogens is 1. The number of carbonyl (C=O) groups is 2. The number of hydrogen-bond donors (Lipinski definition) is 1. The molecule has 2 atom stereocenters. The second kappa shape index (κ2) is 9.84. The van der Waals surface area contributed by atoms with Gasteiger partial charge in [0.15, 0.2) is 5.05 Å². The Labute approximate surface area is 178 Å². The number of hydrogen-bond acceptors (Lipinski definition) is 3. The van der Waals surface area contributed by atoms with Crippen LogP contribution in [0.1, 0.15) is 58.4 Å². The molecule has 0 saturated carbocycles. The van der Waals surface area contributed by atoms with Crippen molar-refractivity contribution in [3.63, 3.8) is 0 Å². The molecule has 1 fully saturated rings. The minimum atomic E-state index is -0.713. The van der Waals surface area contributed by atoms with Gasteiger partial charge in [0.2, 0.25) is 5.78 Å². The number of carbonyl (C=O) groups excluding carboxylic acids is 2. The molecule has 1 aromatic carbocycles. The molecule has 4 nitrogen and oxygen atoms in total. The van der Waals surface area contributed by atoms with E-state index in [4.69, 9.17) is 23.8 Å². The summed E-state index contributed by atoms with van der Waals surface area (Å²) in [5.74, 6) is -0.882. The van der Waals surface area contributed by atoms with Gasteiger partial charge in [-0.3, -0.25) is 9.59 Å². The summed E-state index contributed by atoms with van der Waals surface area (Å²) in [6.45, 7) is 5.92. The Hall–Kier alpha value is -1.46. The van der Waals surface area contributed by atoms with Gasteiger partial charge < -0.3 is 10.0 Å². The Balaban J connectivity index is 2.08. The van der Waals surface area contributed by atoms with E-state index in [-0.39, 0.29) is 11.0 Å². The molecule has 0 bridgehead atoms. The zero-order chi connectivity index (χ0) is 20.9. The number of benzene rings is 1. The van der Waals surface area contributed by atoms with E-state index >= 15 is 0 Å². The maximum absolute atomic E-state index is 12.9. The average Bonchev–Trinajstić information content (AvgIpc) is 2.67. The third-order valence-electron chi connectivity index (χ3n) is 5.94. The average molecular weight is 424 g/mol. The number of likely N-dealkylation sites (tertiary alicyclic amines) is 1. The smallest absolute Gasteiger partial charge is 0.291 e. The van der Waals surface area contributed by atoms with Gasteiger partial charge >= 0.3 is 0 Å². The first-order valence-corrected chi connectivity index (χ1v) is 10.8. The van der Waals surface area contributed by atoms with Crippen LogP contribution >= 0.6 is 23.8 Å². The van der Waals surface area contributed by atoms with Gasteiger partial charge in [-0.1, -0.05) is 50.6 Å². The van der Waals surface area contributed by atoms with Crippen molar-refractivity contribution >= 4 is 40.6 Å². The fourth-order valence-corrected chi connectivity index (χ4v) is 4.33. The van der Waals surface area contributed by atoms with Crippen molar-refractivity contribution < 1.29 is 14.7 Å². The number of rotatable bonds is 8. The Morgan fingerprint density at radius 2 is 2.00 bits per heavy atom. The Kier molecular flexibility index (Phi) is 8.02. The molecule has 1 N–H and O–H groups in total. The number of aliphatic hydroxyl groups is 1. The topological polar surface area (TPSA) is 57.6 Å². The summed E-state index contributed by atoms with van der Waals surface area (Å²) < 4.78 is 0. The number of amides is 1. The molecule has 1 heterocycles. The van der Waals surface area contributed by atoms with Gasteiger partial charge in [0.05, 0.1) is 0 Å². The molecule has 6 heteroatoms. The fourth-order valence-electron chi connectivity index (χ4n) is 3.78. The van der Waals surface area contributed by atoms with Crippen molar-refractivity contribution in [2.24, 2.45) is 11.3 Å². The number of piperidine rings is 1. The molecule has 1 aliphatic heterocycles. The molecule has 0 radical (unpaired) electrons. The molecular weight excluding hydrogens is 394 g/mol. The van der Waals surface area contributed by atoms with Gasteiger partial charge in [-0.15, -0.1) is 0 Å². The summed E-state index contributed by atoms with van der Waals surface area (Å²) in [6, 6.07) is 7.20. The summed E-state index contributed by atoms with van der Waals surface area (Å²) in [5, 5.41) is 10.7. The van der Waals surface area contributed by atoms with Gasteiger partial charge in [0.1, 0.15) is 6.04 Å². The molecule has 154 valence electrons. The zero-order valence-corrected chi connectivity index (χ0v) is 18.5. The number of ketones is 1. The summed E-state index contributed by atoms with van der Waals surface area (Å²) >= 11 is 11.3. The first kappa shape index (κ1) is 22.8. The second-order valence-electron chi connectivity index (χ2n) is 8.23. The van der Waals surface area contributed by atoms with Crippen LogP contribution in [0, 0.1) is 11.3 Å². The van der Waals surface area contributed by atoms with Crippen molar-refractivity contribution in [3.8, 4) is 0 Å². The van der Waals surface area contributed by atoms with Gasteiger partial charge in [0, 0.05) is 17.0 Å². The first-order valence-electron chi connectivity index (χ1n) is 10.0. The second-order valence-corrected chi connectivity index (χ2v) is 9.06. The predicted molar refractivity (Wildman–Crippen MR) is 117 cm³/mol. The highest BCUT2D eigenvalue weighted by atomic mass is 35.5. The highest BCUT2D eigenvalue weighted by molar-refractivity contribution is 7.80. The Bertz CT molecular complexity index is 734. The number of aryl methyl sites for hydroxylation is 1. The number of nitrogens with zero attached hydrogens (tertiary/aromatic N) is 1. The van der Waals surface area contributed by atoms with E-state index in [1.807, 2.05) is 31.2 Å². The van der Waals surface area contributed by atoms with E-state index < -0.39 is 23.1 Å². The molecule has 1 aromatic rings. The largest absolute Gasteiger partial charge is 0.500 e. The Morgan fingerprint density at radius 1 is 1.32 bits per heavy atom. The SMILES string of the molecule is CCC(C)(C)C(=O)C(=O)N1CCCC(CCCc2ccccc2Cl)C1C(O)=S. The third-order valence-corrected chi connectivity index (χ3v) is 6.55. The van der Waals surface area contributed by atoms with Crippen molar-refractivity contribution in [1.82, 2.24) is 4.90 Å². The quantitative estimate of drug-likeness (QED) is 0.463. The monoisotopic (exact) mass is 423 g/mol. The van der Waals surface area contributed by atoms with Crippen LogP contribution in [-0.4, -0.2) is 39.3 Å². The molecule has 0 aliphatic carbocycles. The highest BCUT2D eigenvalue weighted by Gasteiger charge is 2.42. The number of Topliss-reactive ketones (excluding diaryl/α,β-unsaturated/α-hetero) is 1. The van der Waals surface area contributed by atoms with Crippen LogP contribution in [0.2, 0.25) is 5.02 Å². The van der Waals surface area contributed by atoms with Crippen LogP contribution in [0.4, 0.5) is 0 Å². The highest BCUT2D eigenvalue weighted by Crippen LogP contribution is 2.31. The van der Waals surface area contributed by atoms with E-state index in [1.54, 1.807) is 13.8 Å². The van der Waals surface area contributed by atoms with E-state index in [2.05, 4.69) is 0 Å². The van der Waals surface area contributed by atoms with Gasteiger partial charge in [-0.05, 0) is 68.3 Å². The molecule has 0 spiro atoms. The first-order chi connectivity index (χ1) is 13.2. The van der Waals surface area contributed by atoms with E-state index in [1.165, 1.54) is 4.90 Å². The number of aliphatic hydroxyl groups excluding tert-OH is 1. The normalized spacial score (nSPS) is 20.1. The standard InChI is InChI=1S/C22H30ClNO3S/c1-4-22(2,3)19(25)20(26)24-14-8-12-16(18(24)21(27)28)11-7-10-15-9-5-6-13-17(15)23/h5-6,9,13,16,18H,4,7-8,10-12,14H2,1-3H3,(H,27,28). The van der Waals surface area contributed by atoms with Gasteiger partial charge in [-0.25, -0.2) is 0 Å². The van der Waals surface area contributed by atoms with Crippen LogP contribution < -0.4 is 0 Å². The van der Waals surface area contributed by atoms with Crippen molar-refractivity contribution in [2.45, 2.75) is 65.3 Å². The third kappa shape index (κ3) is 5.32. The maximum atomic E-state index is 12.9. The number of thiocarbonyl (C=S) groups is 1. The van der Waals surface area contributed by atoms with Crippen LogP contribution in [0.15, 0.2) is 24.3 Å². The molecule has 1 aliphatic rings. The van der Waals surface area contributed by atoms with Crippen molar-refractivity contribution in [1.29, 1.82) is 0 Å². The molecule has 0 aromatic heterocycles. The molecule has 28 heavy (non-hydrogen) atoms. The Morgan fingerprint density at radius 3 is 2.61 bits per heavy atom. The van der Waals surface area contributed by atoms with Crippen LogP contribution in [0.5, 0.6) is 0 Å². The van der Waals surface area contributed by atoms with Gasteiger partial charge in [0.25, 0.3) is 5.91 Å². The van der Waals surface area contributed by atoms with E-state index in [9.17, 15) is 14.7 Å². The minimum absolute atomic E-state index is 0.0511. The molecular formula is C22H30ClNO3S. The summed E-state index contributed by atoms with van der Waals surface area (Å²) in [4.78, 5) is 27.1. The molecule has 2 rings (SSSR count). The molecule has 2 unspecified atom stereocenters. The summed E-state index contributed by atoms with van der Waals surface area (Å²) in [6.07, 6.45) is 4.79. The molecule has 1 saturated heterocycles. The lowest BCUT2D eigenvalue weighted by atomic mass is 9.81. The zero-order valence-electron chi connectivity index (χ0n) is 16.9. The van der Waals surface area contributed by atoms with Crippen LogP contribution in [0.3, 0.4) is 0 Å². The van der Waals surface area contributed by atoms with Gasteiger partial charge in [-0.2, -0.15) is 0 Å².